The zero-order chi connectivity index (χ0) is 58.2. The molecule has 0 N–H and O–H groups in total. The van der Waals surface area contributed by atoms with Gasteiger partial charge in [-0.1, -0.05) is 159 Å². The second-order valence-electron chi connectivity index (χ2n) is 19.4. The molecule has 2 fully saturated rings. The molecule has 79 heavy (non-hydrogen) atoms. The lowest BCUT2D eigenvalue weighted by Gasteiger charge is -2.41. The van der Waals surface area contributed by atoms with Crippen LogP contribution in [0.1, 0.15) is 135 Å². The summed E-state index contributed by atoms with van der Waals surface area (Å²) < 4.78 is 51.4. The molecule has 16 heteroatoms. The van der Waals surface area contributed by atoms with Gasteiger partial charge in [0, 0.05) is 71.3 Å². The first-order valence-electron chi connectivity index (χ1n) is 28.1. The fourth-order valence-electron chi connectivity index (χ4n) is 9.20. The van der Waals surface area contributed by atoms with Crippen molar-refractivity contribution in [1.29, 1.82) is 0 Å². The fraction of sp³-hybridized carbons (Fsp3) is 0.476. The van der Waals surface area contributed by atoms with Gasteiger partial charge >= 0.3 is 24.5 Å². The van der Waals surface area contributed by atoms with E-state index in [0.29, 0.717) is 36.4 Å². The van der Waals surface area contributed by atoms with Crippen LogP contribution in [0.2, 0.25) is 0 Å². The predicted molar refractivity (Wildman–Crippen MR) is 315 cm³/mol. The summed E-state index contributed by atoms with van der Waals surface area (Å²) in [5, 5.41) is 10.6. The van der Waals surface area contributed by atoms with Gasteiger partial charge in [-0.2, -0.15) is 20.2 Å². The van der Waals surface area contributed by atoms with Crippen molar-refractivity contribution in [2.24, 2.45) is 16.1 Å². The molecule has 4 aromatic rings. The lowest BCUT2D eigenvalue weighted by Crippen LogP contribution is -2.58. The standard InChI is InChI=1S/C29H39N3O.C26H29F3N4O4.C6H14O.C2H6/c1-5-11-27(26-17-15-25(16-18-26)20-23(2)3)22-32(30-4)29(33)31-19-10-9-14-28(31)21-24-12-7-6-8-13-24;1-4-20(21-10-12-23(13-11-21)37-26(27,28)29)17-33(30-2)24(34)32-15-14-31(25(35)36-3)18-22(32)16-19-8-6-5-7-9-19;1-3-5-7-6-4-2;1-2/h6-8,12-13,15-18,22-23,28H,4-5,9-11,14,19-21H2,1-3H3;5-13,17,22H,2,4,14-16,18H2,1,3H3;3-6H2,1-2H3;1-2H3/b27-22+;20-17+;;. The number of urea groups is 2. The first-order valence-corrected chi connectivity index (χ1v) is 28.1. The molecule has 2 aliphatic rings. The summed E-state index contributed by atoms with van der Waals surface area (Å²) >= 11 is 0. The summed E-state index contributed by atoms with van der Waals surface area (Å²) in [5.41, 5.74) is 7.14. The van der Waals surface area contributed by atoms with Crippen LogP contribution in [0.25, 0.3) is 11.1 Å². The predicted octanol–water partition coefficient (Wildman–Crippen LogP) is 15.4. The van der Waals surface area contributed by atoms with E-state index in [0.717, 1.165) is 99.3 Å². The van der Waals surface area contributed by atoms with E-state index in [1.54, 1.807) is 9.80 Å². The quantitative estimate of drug-likeness (QED) is 0.0494. The summed E-state index contributed by atoms with van der Waals surface area (Å²) in [4.78, 5) is 44.5. The number of hydrogen-bond donors (Lipinski definition) is 0. The summed E-state index contributed by atoms with van der Waals surface area (Å²) in [6.07, 6.45) is 8.47. The Balaban J connectivity index is 0.000000362. The molecule has 0 radical (unpaired) electrons. The Labute approximate surface area is 469 Å². The van der Waals surface area contributed by atoms with Gasteiger partial charge in [-0.3, -0.25) is 0 Å². The van der Waals surface area contributed by atoms with Crippen molar-refractivity contribution < 1.29 is 41.8 Å². The number of ether oxygens (including phenoxy) is 3. The molecular weight excluding hydrogens is 1010 g/mol. The zero-order valence-corrected chi connectivity index (χ0v) is 48.4. The molecular formula is C63H88F3N7O6. The van der Waals surface area contributed by atoms with E-state index in [1.807, 2.05) is 68.3 Å². The zero-order valence-electron chi connectivity index (χ0n) is 48.4. The average molecular weight is 1100 g/mol. The molecule has 5 amide bonds. The van der Waals surface area contributed by atoms with Gasteiger partial charge < -0.3 is 28.9 Å². The Bertz CT molecular complexity index is 2450. The molecule has 432 valence electrons. The highest BCUT2D eigenvalue weighted by Crippen LogP contribution is 2.29. The van der Waals surface area contributed by atoms with Crippen molar-refractivity contribution in [1.82, 2.24) is 24.7 Å². The SMILES string of the molecule is C=NN(/C=C(\CC)c1ccc(OC(F)(F)F)cc1)C(=O)N1CCN(C(=O)OC)CC1Cc1ccccc1.C=NN(/C=C(\CCC)c1ccc(CC(C)C)cc1)C(=O)N1CCCCC1Cc1ccccc1.CC.CCCOCCC. The number of hydrogen-bond acceptors (Lipinski definition) is 8. The fourth-order valence-corrected chi connectivity index (χ4v) is 9.20. The van der Waals surface area contributed by atoms with Gasteiger partial charge in [-0.05, 0) is 121 Å². The van der Waals surface area contributed by atoms with Crippen molar-refractivity contribution >= 4 is 42.7 Å². The molecule has 0 aromatic heterocycles. The van der Waals surface area contributed by atoms with Crippen molar-refractivity contribution in [2.75, 3.05) is 46.5 Å². The highest BCUT2D eigenvalue weighted by atomic mass is 19.4. The number of carbonyl (C=O) groups excluding carboxylic acids is 3. The van der Waals surface area contributed by atoms with Crippen LogP contribution in [0.4, 0.5) is 27.6 Å². The first kappa shape index (κ1) is 66.3. The number of methoxy groups -OCH3 is 1. The molecule has 4 aromatic carbocycles. The maximum absolute atomic E-state index is 13.6. The topological polar surface area (TPSA) is 120 Å². The van der Waals surface area contributed by atoms with Gasteiger partial charge in [0.15, 0.2) is 0 Å². The molecule has 0 saturated carbocycles. The number of amides is 5. The maximum atomic E-state index is 13.6. The van der Waals surface area contributed by atoms with Crippen LogP contribution < -0.4 is 4.74 Å². The molecule has 2 unspecified atom stereocenters. The third kappa shape index (κ3) is 23.1. The third-order valence-electron chi connectivity index (χ3n) is 12.9. The summed E-state index contributed by atoms with van der Waals surface area (Å²) in [6.45, 7) is 27.4. The lowest BCUT2D eigenvalue weighted by atomic mass is 9.96. The summed E-state index contributed by atoms with van der Waals surface area (Å²) in [7, 11) is 1.31. The number of carbonyl (C=O) groups is 3. The number of piperazine rings is 1. The maximum Gasteiger partial charge on any atom is 0.573 e. The van der Waals surface area contributed by atoms with Crippen LogP contribution in [-0.4, -0.2) is 121 Å². The van der Waals surface area contributed by atoms with Gasteiger partial charge in [0.1, 0.15) is 5.75 Å². The number of piperidine rings is 1. The van der Waals surface area contributed by atoms with Gasteiger partial charge in [0.2, 0.25) is 0 Å². The van der Waals surface area contributed by atoms with Gasteiger partial charge in [-0.15, -0.1) is 13.2 Å². The van der Waals surface area contributed by atoms with E-state index in [4.69, 9.17) is 9.47 Å². The van der Waals surface area contributed by atoms with Gasteiger partial charge in [0.05, 0.1) is 13.2 Å². The van der Waals surface area contributed by atoms with Crippen molar-refractivity contribution in [3.8, 4) is 5.75 Å². The highest BCUT2D eigenvalue weighted by molar-refractivity contribution is 5.80. The Morgan fingerprint density at radius 1 is 0.671 bits per heavy atom. The Kier molecular flexibility index (Phi) is 30.5. The van der Waals surface area contributed by atoms with Crippen LogP contribution in [0.5, 0.6) is 5.75 Å². The molecule has 2 aliphatic heterocycles. The van der Waals surface area contributed by atoms with Crippen LogP contribution in [0, 0.1) is 5.92 Å². The Morgan fingerprint density at radius 3 is 1.66 bits per heavy atom. The minimum Gasteiger partial charge on any atom is -0.453 e. The van der Waals surface area contributed by atoms with E-state index >= 15 is 0 Å². The van der Waals surface area contributed by atoms with E-state index in [9.17, 15) is 27.6 Å². The molecule has 2 atom stereocenters. The van der Waals surface area contributed by atoms with Gasteiger partial charge in [0.25, 0.3) is 0 Å². The monoisotopic (exact) mass is 1100 g/mol. The number of benzene rings is 4. The number of halogens is 3. The second-order valence-corrected chi connectivity index (χ2v) is 19.4. The number of likely N-dealkylation sites (tertiary alicyclic amines) is 1. The van der Waals surface area contributed by atoms with Gasteiger partial charge in [-0.25, -0.2) is 14.4 Å². The van der Waals surface area contributed by atoms with Crippen molar-refractivity contribution in [3.63, 3.8) is 0 Å². The number of hydrazone groups is 2. The lowest BCUT2D eigenvalue weighted by molar-refractivity contribution is -0.274. The number of allylic oxidation sites excluding steroid dienone is 2. The molecule has 0 aliphatic carbocycles. The van der Waals surface area contributed by atoms with Crippen LogP contribution in [-0.2, 0) is 28.7 Å². The van der Waals surface area contributed by atoms with Crippen LogP contribution >= 0.6 is 0 Å². The number of rotatable bonds is 20. The minimum absolute atomic E-state index is 0.0735. The largest absolute Gasteiger partial charge is 0.573 e. The molecule has 13 nitrogen and oxygen atoms in total. The molecule has 0 spiro atoms. The van der Waals surface area contributed by atoms with Crippen LogP contribution in [0.3, 0.4) is 0 Å². The Morgan fingerprint density at radius 2 is 1.18 bits per heavy atom. The second kappa shape index (κ2) is 36.3. The molecule has 2 heterocycles. The van der Waals surface area contributed by atoms with Crippen molar-refractivity contribution in [3.05, 3.63) is 149 Å². The Hall–Kier alpha value is -6.94. The normalized spacial score (nSPS) is 15.5. The smallest absolute Gasteiger partial charge is 0.453 e. The van der Waals surface area contributed by atoms with E-state index < -0.39 is 18.5 Å². The van der Waals surface area contributed by atoms with E-state index in [1.165, 1.54) is 53.7 Å². The highest BCUT2D eigenvalue weighted by Gasteiger charge is 2.36. The third-order valence-corrected chi connectivity index (χ3v) is 12.9. The molecule has 6 rings (SSSR count). The molecule has 2 saturated heterocycles. The average Bonchev–Trinajstić information content (AvgIpc) is 3.49. The van der Waals surface area contributed by atoms with E-state index in [-0.39, 0.29) is 37.0 Å². The summed E-state index contributed by atoms with van der Waals surface area (Å²) in [5.74, 6) is 0.293. The number of nitrogens with zero attached hydrogens (tertiary/aromatic N) is 7. The number of alkyl halides is 3. The van der Waals surface area contributed by atoms with Crippen molar-refractivity contribution in [2.45, 2.75) is 144 Å². The minimum atomic E-state index is -4.78. The molecule has 0 bridgehead atoms. The van der Waals surface area contributed by atoms with E-state index in [2.05, 4.69) is 112 Å². The first-order chi connectivity index (χ1) is 38.1. The van der Waals surface area contributed by atoms with Crippen LogP contribution in [0.15, 0.2) is 132 Å². The summed E-state index contributed by atoms with van der Waals surface area (Å²) in [6, 6.07) is 33.5.